The highest BCUT2D eigenvalue weighted by Gasteiger charge is 2.24. The molecule has 0 amide bonds. The van der Waals surface area contributed by atoms with E-state index in [1.807, 2.05) is 12.1 Å². The molecule has 2 aliphatic heterocycles. The monoisotopic (exact) mass is 344 g/mol. The normalized spacial score (nSPS) is 21.5. The third-order valence-electron chi connectivity index (χ3n) is 5.62. The van der Waals surface area contributed by atoms with Crippen LogP contribution in [0.2, 0.25) is 0 Å². The average molecular weight is 345 g/mol. The Balaban J connectivity index is 1.69. The summed E-state index contributed by atoms with van der Waals surface area (Å²) in [5, 5.41) is 0. The van der Waals surface area contributed by atoms with Gasteiger partial charge in [-0.1, -0.05) is 19.1 Å². The first-order valence-electron chi connectivity index (χ1n) is 9.60. The molecule has 1 aromatic carbocycles. The molecule has 2 N–H and O–H groups in total. The largest absolute Gasteiger partial charge is 0.497 e. The van der Waals surface area contributed by atoms with E-state index in [1.54, 1.807) is 7.11 Å². The summed E-state index contributed by atoms with van der Waals surface area (Å²) < 4.78 is 5.29. The Kier molecular flexibility index (Phi) is 6.19. The van der Waals surface area contributed by atoms with Gasteiger partial charge in [-0.3, -0.25) is 9.89 Å². The fourth-order valence-corrected chi connectivity index (χ4v) is 3.83. The number of guanidine groups is 1. The van der Waals surface area contributed by atoms with E-state index in [2.05, 4.69) is 28.9 Å². The van der Waals surface area contributed by atoms with Crippen molar-refractivity contribution in [2.24, 2.45) is 16.6 Å². The lowest BCUT2D eigenvalue weighted by Crippen LogP contribution is -2.43. The van der Waals surface area contributed by atoms with E-state index in [9.17, 15) is 0 Å². The summed E-state index contributed by atoms with van der Waals surface area (Å²) in [6.07, 6.45) is 4.97. The third-order valence-corrected chi connectivity index (χ3v) is 5.62. The van der Waals surface area contributed by atoms with Gasteiger partial charge in [-0.2, -0.15) is 0 Å². The van der Waals surface area contributed by atoms with Gasteiger partial charge in [0.1, 0.15) is 5.75 Å². The number of piperidine rings is 1. The maximum Gasteiger partial charge on any atom is 0.191 e. The maximum absolute atomic E-state index is 6.30. The number of benzene rings is 1. The van der Waals surface area contributed by atoms with Crippen molar-refractivity contribution >= 4 is 5.96 Å². The van der Waals surface area contributed by atoms with Crippen molar-refractivity contribution in [2.75, 3.05) is 39.8 Å². The van der Waals surface area contributed by atoms with Crippen molar-refractivity contribution in [1.82, 2.24) is 9.80 Å². The first-order valence-corrected chi connectivity index (χ1v) is 9.60. The predicted molar refractivity (Wildman–Crippen MR) is 103 cm³/mol. The van der Waals surface area contributed by atoms with E-state index in [-0.39, 0.29) is 0 Å². The van der Waals surface area contributed by atoms with E-state index in [4.69, 9.17) is 15.5 Å². The summed E-state index contributed by atoms with van der Waals surface area (Å²) in [6.45, 7) is 7.41. The maximum atomic E-state index is 6.30. The Morgan fingerprint density at radius 1 is 1.16 bits per heavy atom. The zero-order valence-corrected chi connectivity index (χ0v) is 15.7. The van der Waals surface area contributed by atoms with Crippen LogP contribution in [-0.2, 0) is 0 Å². The minimum absolute atomic E-state index is 0.302. The zero-order chi connectivity index (χ0) is 17.6. The molecule has 2 fully saturated rings. The first kappa shape index (κ1) is 18.1. The van der Waals surface area contributed by atoms with E-state index in [0.717, 1.165) is 44.4 Å². The molecule has 2 heterocycles. The predicted octanol–water partition coefficient (Wildman–Crippen LogP) is 2.88. The molecule has 5 heteroatoms. The molecule has 2 aliphatic rings. The van der Waals surface area contributed by atoms with Crippen LogP contribution in [-0.4, -0.2) is 55.6 Å². The number of nitrogens with zero attached hydrogens (tertiary/aromatic N) is 3. The SMILES string of the molecule is COc1ccc(C(CN=C(N)N2CCC(C)CC2)N2CCCC2)cc1. The van der Waals surface area contributed by atoms with Gasteiger partial charge in [-0.05, 0) is 62.4 Å². The van der Waals surface area contributed by atoms with Gasteiger partial charge in [0.05, 0.1) is 19.7 Å². The molecule has 0 aromatic heterocycles. The van der Waals surface area contributed by atoms with Gasteiger partial charge in [0, 0.05) is 13.1 Å². The molecular weight excluding hydrogens is 312 g/mol. The Bertz CT molecular complexity index is 558. The van der Waals surface area contributed by atoms with Gasteiger partial charge in [-0.15, -0.1) is 0 Å². The van der Waals surface area contributed by atoms with Crippen LogP contribution in [0.15, 0.2) is 29.3 Å². The molecule has 0 radical (unpaired) electrons. The van der Waals surface area contributed by atoms with Gasteiger partial charge in [0.2, 0.25) is 0 Å². The van der Waals surface area contributed by atoms with Gasteiger partial charge in [-0.25, -0.2) is 0 Å². The number of hydrogen-bond acceptors (Lipinski definition) is 3. The lowest BCUT2D eigenvalue weighted by atomic mass is 10.00. The standard InChI is InChI=1S/C20H32N4O/c1-16-9-13-24(14-10-16)20(21)22-15-19(23-11-3-4-12-23)17-5-7-18(25-2)8-6-17/h5-8,16,19H,3-4,9-15H2,1-2H3,(H2,21,22). The van der Waals surface area contributed by atoms with Crippen LogP contribution in [0, 0.1) is 5.92 Å². The topological polar surface area (TPSA) is 54.1 Å². The van der Waals surface area contributed by atoms with E-state index >= 15 is 0 Å². The summed E-state index contributed by atoms with van der Waals surface area (Å²) in [4.78, 5) is 9.57. The smallest absolute Gasteiger partial charge is 0.191 e. The van der Waals surface area contributed by atoms with Gasteiger partial charge in [0.15, 0.2) is 5.96 Å². The van der Waals surface area contributed by atoms with Crippen molar-refractivity contribution in [2.45, 2.75) is 38.6 Å². The molecule has 1 unspecified atom stereocenters. The van der Waals surface area contributed by atoms with Crippen LogP contribution in [0.5, 0.6) is 5.75 Å². The molecule has 2 saturated heterocycles. The molecule has 5 nitrogen and oxygen atoms in total. The van der Waals surface area contributed by atoms with Crippen LogP contribution in [0.1, 0.15) is 44.2 Å². The number of nitrogens with two attached hydrogens (primary N) is 1. The number of likely N-dealkylation sites (tertiary alicyclic amines) is 2. The molecule has 138 valence electrons. The van der Waals surface area contributed by atoms with E-state index in [0.29, 0.717) is 12.0 Å². The molecular formula is C20H32N4O. The molecule has 0 saturated carbocycles. The molecule has 0 spiro atoms. The Hall–Kier alpha value is -1.75. The van der Waals surface area contributed by atoms with Crippen molar-refractivity contribution < 1.29 is 4.74 Å². The second-order valence-corrected chi connectivity index (χ2v) is 7.40. The van der Waals surface area contributed by atoms with Crippen LogP contribution in [0.3, 0.4) is 0 Å². The number of aliphatic imine (C=N–C) groups is 1. The summed E-state index contributed by atoms with van der Waals surface area (Å²) in [5.41, 5.74) is 7.60. The average Bonchev–Trinajstić information content (AvgIpc) is 3.17. The number of rotatable bonds is 5. The molecule has 0 bridgehead atoms. The Labute approximate surface area is 151 Å². The minimum Gasteiger partial charge on any atom is -0.497 e. The molecule has 1 atom stereocenters. The molecule has 3 rings (SSSR count). The fourth-order valence-electron chi connectivity index (χ4n) is 3.83. The van der Waals surface area contributed by atoms with E-state index in [1.165, 1.54) is 31.2 Å². The molecule has 1 aromatic rings. The third kappa shape index (κ3) is 4.66. The summed E-state index contributed by atoms with van der Waals surface area (Å²) >= 11 is 0. The molecule has 0 aliphatic carbocycles. The minimum atomic E-state index is 0.302. The Morgan fingerprint density at radius 3 is 2.40 bits per heavy atom. The lowest BCUT2D eigenvalue weighted by molar-refractivity contribution is 0.248. The second kappa shape index (κ2) is 8.56. The first-order chi connectivity index (χ1) is 12.2. The zero-order valence-electron chi connectivity index (χ0n) is 15.7. The number of hydrogen-bond donors (Lipinski definition) is 1. The highest BCUT2D eigenvalue weighted by Crippen LogP contribution is 2.27. The summed E-state index contributed by atoms with van der Waals surface area (Å²) in [7, 11) is 1.71. The molecule has 25 heavy (non-hydrogen) atoms. The van der Waals surface area contributed by atoms with Crippen LogP contribution in [0.25, 0.3) is 0 Å². The van der Waals surface area contributed by atoms with E-state index < -0.39 is 0 Å². The van der Waals surface area contributed by atoms with Crippen molar-refractivity contribution in [3.63, 3.8) is 0 Å². The van der Waals surface area contributed by atoms with Gasteiger partial charge in [0.25, 0.3) is 0 Å². The lowest BCUT2D eigenvalue weighted by Gasteiger charge is -2.32. The van der Waals surface area contributed by atoms with Crippen molar-refractivity contribution in [3.05, 3.63) is 29.8 Å². The quantitative estimate of drug-likeness (QED) is 0.659. The number of ether oxygens (including phenoxy) is 1. The fraction of sp³-hybridized carbons (Fsp3) is 0.650. The summed E-state index contributed by atoms with van der Waals surface area (Å²) in [6, 6.07) is 8.71. The second-order valence-electron chi connectivity index (χ2n) is 7.40. The van der Waals surface area contributed by atoms with Gasteiger partial charge < -0.3 is 15.4 Å². The van der Waals surface area contributed by atoms with Crippen LogP contribution >= 0.6 is 0 Å². The van der Waals surface area contributed by atoms with Gasteiger partial charge >= 0.3 is 0 Å². The highest BCUT2D eigenvalue weighted by atomic mass is 16.5. The van der Waals surface area contributed by atoms with Crippen LogP contribution in [0.4, 0.5) is 0 Å². The summed E-state index contributed by atoms with van der Waals surface area (Å²) in [5.74, 6) is 2.42. The number of methoxy groups -OCH3 is 1. The highest BCUT2D eigenvalue weighted by molar-refractivity contribution is 5.78. The van der Waals surface area contributed by atoms with Crippen molar-refractivity contribution in [3.8, 4) is 5.75 Å². The van der Waals surface area contributed by atoms with Crippen LogP contribution < -0.4 is 10.5 Å². The Morgan fingerprint density at radius 2 is 1.80 bits per heavy atom. The van der Waals surface area contributed by atoms with Crippen molar-refractivity contribution in [1.29, 1.82) is 0 Å².